The van der Waals surface area contributed by atoms with E-state index in [1.54, 1.807) is 17.0 Å². The Labute approximate surface area is 99.2 Å². The Hall–Kier alpha value is -2.17. The first-order valence-corrected chi connectivity index (χ1v) is 5.36. The van der Waals surface area contributed by atoms with Crippen LogP contribution in [-0.2, 0) is 6.54 Å². The third-order valence-corrected chi connectivity index (χ3v) is 2.38. The Morgan fingerprint density at radius 3 is 3.00 bits per heavy atom. The minimum Gasteiger partial charge on any atom is -0.373 e. The van der Waals surface area contributed by atoms with Crippen LogP contribution in [0.4, 0.5) is 5.82 Å². The van der Waals surface area contributed by atoms with Gasteiger partial charge in [0.2, 0.25) is 0 Å². The van der Waals surface area contributed by atoms with E-state index in [-0.39, 0.29) is 5.69 Å². The molecule has 5 heteroatoms. The zero-order chi connectivity index (χ0) is 12.3. The third kappa shape index (κ3) is 2.69. The van der Waals surface area contributed by atoms with Crippen molar-refractivity contribution >= 4 is 5.82 Å². The fourth-order valence-corrected chi connectivity index (χ4v) is 1.56. The van der Waals surface area contributed by atoms with Crippen molar-refractivity contribution in [3.63, 3.8) is 0 Å². The minimum absolute atomic E-state index is 0.257. The van der Waals surface area contributed by atoms with Crippen molar-refractivity contribution in [3.05, 3.63) is 52.3 Å². The molecule has 0 spiro atoms. The molecule has 2 rings (SSSR count). The largest absolute Gasteiger partial charge is 0.373 e. The van der Waals surface area contributed by atoms with Gasteiger partial charge in [-0.05, 0) is 24.6 Å². The Bertz CT molecular complexity index is 577. The lowest BCUT2D eigenvalue weighted by Gasteiger charge is -2.06. The summed E-state index contributed by atoms with van der Waals surface area (Å²) in [7, 11) is 1.81. The summed E-state index contributed by atoms with van der Waals surface area (Å²) in [5.74, 6) is 0.788. The van der Waals surface area contributed by atoms with Gasteiger partial charge in [0.15, 0.2) is 0 Å². The average Bonchev–Trinajstić information content (AvgIpc) is 2.34. The topological polar surface area (TPSA) is 59.8 Å². The first-order chi connectivity index (χ1) is 8.19. The van der Waals surface area contributed by atoms with Gasteiger partial charge < -0.3 is 5.32 Å². The number of anilines is 1. The summed E-state index contributed by atoms with van der Waals surface area (Å²) in [6.45, 7) is 2.34. The van der Waals surface area contributed by atoms with Crippen LogP contribution in [0, 0.1) is 6.92 Å². The molecule has 0 unspecified atom stereocenters. The SMILES string of the molecule is CNc1cccc(Cn2cc(C)cnc2=O)n1. The molecule has 17 heavy (non-hydrogen) atoms. The first-order valence-electron chi connectivity index (χ1n) is 5.36. The highest BCUT2D eigenvalue weighted by atomic mass is 16.1. The summed E-state index contributed by atoms with van der Waals surface area (Å²) in [5, 5.41) is 2.97. The van der Waals surface area contributed by atoms with Gasteiger partial charge in [0.25, 0.3) is 0 Å². The molecule has 0 amide bonds. The molecule has 0 saturated heterocycles. The van der Waals surface area contributed by atoms with Crippen LogP contribution >= 0.6 is 0 Å². The number of hydrogen-bond donors (Lipinski definition) is 1. The van der Waals surface area contributed by atoms with E-state index in [1.807, 2.05) is 32.2 Å². The van der Waals surface area contributed by atoms with Crippen molar-refractivity contribution in [1.82, 2.24) is 14.5 Å². The summed E-state index contributed by atoms with van der Waals surface area (Å²) in [6.07, 6.45) is 3.35. The maximum absolute atomic E-state index is 11.5. The summed E-state index contributed by atoms with van der Waals surface area (Å²) >= 11 is 0. The lowest BCUT2D eigenvalue weighted by atomic mass is 10.3. The average molecular weight is 230 g/mol. The number of aryl methyl sites for hydroxylation is 1. The minimum atomic E-state index is -0.257. The number of aromatic nitrogens is 3. The maximum Gasteiger partial charge on any atom is 0.347 e. The molecule has 0 radical (unpaired) electrons. The van der Waals surface area contributed by atoms with Crippen LogP contribution in [0.5, 0.6) is 0 Å². The van der Waals surface area contributed by atoms with Gasteiger partial charge in [0.1, 0.15) is 5.82 Å². The smallest absolute Gasteiger partial charge is 0.347 e. The van der Waals surface area contributed by atoms with Crippen molar-refractivity contribution in [2.75, 3.05) is 12.4 Å². The van der Waals surface area contributed by atoms with E-state index in [0.717, 1.165) is 17.1 Å². The predicted octanol–water partition coefficient (Wildman–Crippen LogP) is 1.04. The molecule has 2 heterocycles. The van der Waals surface area contributed by atoms with E-state index in [1.165, 1.54) is 0 Å². The summed E-state index contributed by atoms with van der Waals surface area (Å²) in [6, 6.07) is 5.67. The van der Waals surface area contributed by atoms with Gasteiger partial charge in [-0.15, -0.1) is 0 Å². The maximum atomic E-state index is 11.5. The van der Waals surface area contributed by atoms with Crippen molar-refractivity contribution in [2.45, 2.75) is 13.5 Å². The van der Waals surface area contributed by atoms with Gasteiger partial charge in [-0.2, -0.15) is 0 Å². The highest BCUT2D eigenvalue weighted by Crippen LogP contribution is 2.04. The molecule has 0 aliphatic rings. The molecule has 0 fully saturated rings. The van der Waals surface area contributed by atoms with Crippen LogP contribution in [0.3, 0.4) is 0 Å². The molecule has 0 saturated carbocycles. The van der Waals surface area contributed by atoms with Crippen molar-refractivity contribution < 1.29 is 0 Å². The van der Waals surface area contributed by atoms with E-state index in [2.05, 4.69) is 15.3 Å². The van der Waals surface area contributed by atoms with Crippen LogP contribution < -0.4 is 11.0 Å². The molecule has 5 nitrogen and oxygen atoms in total. The Balaban J connectivity index is 2.31. The lowest BCUT2D eigenvalue weighted by molar-refractivity contribution is 0.706. The lowest BCUT2D eigenvalue weighted by Crippen LogP contribution is -2.23. The van der Waals surface area contributed by atoms with Gasteiger partial charge in [-0.25, -0.2) is 14.8 Å². The number of rotatable bonds is 3. The molecule has 0 aliphatic heterocycles. The van der Waals surface area contributed by atoms with Crippen LogP contribution in [0.1, 0.15) is 11.3 Å². The van der Waals surface area contributed by atoms with E-state index in [4.69, 9.17) is 0 Å². The van der Waals surface area contributed by atoms with E-state index < -0.39 is 0 Å². The fourth-order valence-electron chi connectivity index (χ4n) is 1.56. The summed E-state index contributed by atoms with van der Waals surface area (Å²) < 4.78 is 1.55. The predicted molar refractivity (Wildman–Crippen MR) is 66.1 cm³/mol. The van der Waals surface area contributed by atoms with Gasteiger partial charge in [-0.1, -0.05) is 6.07 Å². The number of pyridine rings is 1. The standard InChI is InChI=1S/C12H14N4O/c1-9-6-14-12(17)16(7-9)8-10-4-3-5-11(13-2)15-10/h3-7H,8H2,1-2H3,(H,13,15). The second kappa shape index (κ2) is 4.78. The molecular weight excluding hydrogens is 216 g/mol. The Kier molecular flexibility index (Phi) is 3.18. The molecule has 2 aromatic heterocycles. The number of nitrogens with one attached hydrogen (secondary N) is 1. The highest BCUT2D eigenvalue weighted by Gasteiger charge is 2.01. The highest BCUT2D eigenvalue weighted by molar-refractivity contribution is 5.34. The zero-order valence-corrected chi connectivity index (χ0v) is 9.84. The van der Waals surface area contributed by atoms with Crippen LogP contribution in [0.15, 0.2) is 35.4 Å². The van der Waals surface area contributed by atoms with Crippen molar-refractivity contribution in [2.24, 2.45) is 0 Å². The quantitative estimate of drug-likeness (QED) is 0.855. The molecule has 88 valence electrons. The molecule has 2 aromatic rings. The van der Waals surface area contributed by atoms with Crippen LogP contribution in [-0.4, -0.2) is 21.6 Å². The Morgan fingerprint density at radius 1 is 1.41 bits per heavy atom. The second-order valence-electron chi connectivity index (χ2n) is 3.81. The van der Waals surface area contributed by atoms with E-state index >= 15 is 0 Å². The Morgan fingerprint density at radius 2 is 2.24 bits per heavy atom. The van der Waals surface area contributed by atoms with E-state index in [0.29, 0.717) is 6.54 Å². The van der Waals surface area contributed by atoms with Gasteiger partial charge in [0, 0.05) is 19.4 Å². The third-order valence-electron chi connectivity index (χ3n) is 2.38. The molecule has 0 bridgehead atoms. The molecule has 0 aromatic carbocycles. The normalized spacial score (nSPS) is 10.2. The van der Waals surface area contributed by atoms with Crippen LogP contribution in [0.25, 0.3) is 0 Å². The van der Waals surface area contributed by atoms with Gasteiger partial charge >= 0.3 is 5.69 Å². The van der Waals surface area contributed by atoms with Crippen molar-refractivity contribution in [3.8, 4) is 0 Å². The zero-order valence-electron chi connectivity index (χ0n) is 9.84. The second-order valence-corrected chi connectivity index (χ2v) is 3.81. The summed E-state index contributed by atoms with van der Waals surface area (Å²) in [4.78, 5) is 19.7. The molecule has 0 aliphatic carbocycles. The molecule has 0 atom stereocenters. The van der Waals surface area contributed by atoms with Crippen LogP contribution in [0.2, 0.25) is 0 Å². The number of nitrogens with zero attached hydrogens (tertiary/aromatic N) is 3. The van der Waals surface area contributed by atoms with Gasteiger partial charge in [-0.3, -0.25) is 4.57 Å². The fraction of sp³-hybridized carbons (Fsp3) is 0.250. The van der Waals surface area contributed by atoms with Gasteiger partial charge in [0.05, 0.1) is 12.2 Å². The molecule has 1 N–H and O–H groups in total. The summed E-state index contributed by atoms with van der Waals surface area (Å²) in [5.41, 5.74) is 1.52. The van der Waals surface area contributed by atoms with E-state index in [9.17, 15) is 4.79 Å². The van der Waals surface area contributed by atoms with Crippen molar-refractivity contribution in [1.29, 1.82) is 0 Å². The number of hydrogen-bond acceptors (Lipinski definition) is 4. The first kappa shape index (κ1) is 11.3. The monoisotopic (exact) mass is 230 g/mol. The molecular formula is C12H14N4O.